The van der Waals surface area contributed by atoms with E-state index in [-0.39, 0.29) is 18.0 Å². The molecule has 0 aliphatic rings. The first-order chi connectivity index (χ1) is 8.65. The van der Waals surface area contributed by atoms with Crippen molar-refractivity contribution in [2.24, 2.45) is 0 Å². The van der Waals surface area contributed by atoms with Crippen LogP contribution in [0.15, 0.2) is 0 Å². The van der Waals surface area contributed by atoms with Crippen molar-refractivity contribution in [1.82, 2.24) is 21.3 Å². The molecule has 19 heavy (non-hydrogen) atoms. The molecule has 0 saturated heterocycles. The first kappa shape index (κ1) is 17.4. The number of amides is 4. The minimum atomic E-state index is -0.631. The maximum atomic E-state index is 11.6. The quantitative estimate of drug-likeness (QED) is 0.553. The van der Waals surface area contributed by atoms with Crippen molar-refractivity contribution in [2.45, 2.75) is 46.2 Å². The van der Waals surface area contributed by atoms with E-state index in [1.807, 2.05) is 20.8 Å². The molecule has 0 heterocycles. The van der Waals surface area contributed by atoms with Crippen molar-refractivity contribution in [2.75, 3.05) is 13.1 Å². The summed E-state index contributed by atoms with van der Waals surface area (Å²) in [5.74, 6) is -0.681. The van der Waals surface area contributed by atoms with Gasteiger partial charge in [-0.25, -0.2) is 4.79 Å². The standard InChI is InChI=1S/C12H24N4O3/c1-6-13-11(19)15-10(18)8(2)14-7-9(17)16-12(3,4)5/h8,14H,6-7H2,1-5H3,(H,16,17)(H2,13,15,18,19). The molecule has 0 aliphatic heterocycles. The lowest BCUT2D eigenvalue weighted by molar-refractivity contribution is -0.123. The molecular formula is C12H24N4O3. The van der Waals surface area contributed by atoms with Crippen molar-refractivity contribution < 1.29 is 14.4 Å². The van der Waals surface area contributed by atoms with Crippen LogP contribution in [0.4, 0.5) is 4.79 Å². The fourth-order valence-corrected chi connectivity index (χ4v) is 1.23. The first-order valence-electron chi connectivity index (χ1n) is 6.28. The van der Waals surface area contributed by atoms with Gasteiger partial charge in [0.25, 0.3) is 0 Å². The van der Waals surface area contributed by atoms with Gasteiger partial charge >= 0.3 is 6.03 Å². The second-order valence-electron chi connectivity index (χ2n) is 5.25. The Morgan fingerprint density at radius 3 is 2.21 bits per heavy atom. The zero-order valence-electron chi connectivity index (χ0n) is 12.2. The van der Waals surface area contributed by atoms with Crippen molar-refractivity contribution in [1.29, 1.82) is 0 Å². The van der Waals surface area contributed by atoms with Crippen molar-refractivity contribution in [3.8, 4) is 0 Å². The molecule has 0 bridgehead atoms. The SMILES string of the molecule is CCNC(=O)NC(=O)C(C)NCC(=O)NC(C)(C)C. The molecule has 1 atom stereocenters. The van der Waals surface area contributed by atoms with Gasteiger partial charge in [0.05, 0.1) is 12.6 Å². The lowest BCUT2D eigenvalue weighted by atomic mass is 10.1. The number of carbonyl (C=O) groups is 3. The number of hydrogen-bond donors (Lipinski definition) is 4. The van der Waals surface area contributed by atoms with Gasteiger partial charge in [0.15, 0.2) is 0 Å². The van der Waals surface area contributed by atoms with Gasteiger partial charge in [-0.1, -0.05) is 0 Å². The highest BCUT2D eigenvalue weighted by molar-refractivity contribution is 5.97. The molecule has 0 spiro atoms. The van der Waals surface area contributed by atoms with Crippen LogP contribution in [-0.2, 0) is 9.59 Å². The largest absolute Gasteiger partial charge is 0.350 e. The van der Waals surface area contributed by atoms with Crippen LogP contribution in [0, 0.1) is 0 Å². The fraction of sp³-hybridized carbons (Fsp3) is 0.750. The summed E-state index contributed by atoms with van der Waals surface area (Å²) in [5, 5.41) is 10.1. The van der Waals surface area contributed by atoms with E-state index in [1.54, 1.807) is 13.8 Å². The molecule has 110 valence electrons. The van der Waals surface area contributed by atoms with Gasteiger partial charge in [-0.2, -0.15) is 0 Å². The normalized spacial score (nSPS) is 12.5. The van der Waals surface area contributed by atoms with Crippen LogP contribution in [0.2, 0.25) is 0 Å². The zero-order valence-corrected chi connectivity index (χ0v) is 12.2. The molecule has 1 unspecified atom stereocenters. The summed E-state index contributed by atoms with van der Waals surface area (Å²) < 4.78 is 0. The summed E-state index contributed by atoms with van der Waals surface area (Å²) in [5.41, 5.74) is -0.314. The van der Waals surface area contributed by atoms with Gasteiger partial charge in [0.1, 0.15) is 0 Å². The highest BCUT2D eigenvalue weighted by Gasteiger charge is 2.18. The van der Waals surface area contributed by atoms with Gasteiger partial charge in [-0.15, -0.1) is 0 Å². The number of rotatable bonds is 5. The van der Waals surface area contributed by atoms with Gasteiger partial charge in [0.2, 0.25) is 11.8 Å². The third-order valence-electron chi connectivity index (χ3n) is 2.05. The van der Waals surface area contributed by atoms with Crippen LogP contribution in [0.1, 0.15) is 34.6 Å². The second-order valence-corrected chi connectivity index (χ2v) is 5.25. The summed E-state index contributed by atoms with van der Waals surface area (Å²) in [6.45, 7) is 9.40. The molecule has 4 N–H and O–H groups in total. The Balaban J connectivity index is 4.03. The minimum Gasteiger partial charge on any atom is -0.350 e. The lowest BCUT2D eigenvalue weighted by Gasteiger charge is -2.21. The Bertz CT molecular complexity index is 336. The maximum Gasteiger partial charge on any atom is 0.321 e. The number of imide groups is 1. The zero-order chi connectivity index (χ0) is 15.1. The van der Waals surface area contributed by atoms with Crippen LogP contribution in [0.25, 0.3) is 0 Å². The molecule has 0 aliphatic carbocycles. The molecule has 7 nitrogen and oxygen atoms in total. The number of carbonyl (C=O) groups excluding carboxylic acids is 3. The van der Waals surface area contributed by atoms with Crippen LogP contribution in [-0.4, -0.2) is 42.5 Å². The Labute approximate surface area is 113 Å². The molecule has 0 aromatic rings. The van der Waals surface area contributed by atoms with Crippen LogP contribution < -0.4 is 21.3 Å². The molecule has 0 fully saturated rings. The second kappa shape index (κ2) is 7.73. The fourth-order valence-electron chi connectivity index (χ4n) is 1.23. The van der Waals surface area contributed by atoms with E-state index in [0.29, 0.717) is 6.54 Å². The van der Waals surface area contributed by atoms with Gasteiger partial charge in [-0.3, -0.25) is 20.2 Å². The van der Waals surface area contributed by atoms with Gasteiger partial charge in [-0.05, 0) is 34.6 Å². The molecule has 0 saturated carbocycles. The van der Waals surface area contributed by atoms with Crippen molar-refractivity contribution >= 4 is 17.8 Å². The summed E-state index contributed by atoms with van der Waals surface area (Å²) in [4.78, 5) is 34.2. The van der Waals surface area contributed by atoms with E-state index >= 15 is 0 Å². The van der Waals surface area contributed by atoms with E-state index in [9.17, 15) is 14.4 Å². The molecule has 7 heteroatoms. The number of nitrogens with one attached hydrogen (secondary N) is 4. The Hall–Kier alpha value is -1.63. The van der Waals surface area contributed by atoms with Gasteiger partial charge in [0, 0.05) is 12.1 Å². The molecule has 0 radical (unpaired) electrons. The average molecular weight is 272 g/mol. The Kier molecular flexibility index (Phi) is 7.06. The van der Waals surface area contributed by atoms with Crippen LogP contribution in [0.3, 0.4) is 0 Å². The summed E-state index contributed by atoms with van der Waals surface area (Å²) in [6.07, 6.45) is 0. The maximum absolute atomic E-state index is 11.6. The lowest BCUT2D eigenvalue weighted by Crippen LogP contribution is -2.51. The van der Waals surface area contributed by atoms with E-state index < -0.39 is 18.0 Å². The van der Waals surface area contributed by atoms with E-state index in [1.165, 1.54) is 0 Å². The third-order valence-corrected chi connectivity index (χ3v) is 2.05. The average Bonchev–Trinajstić information content (AvgIpc) is 2.23. The Morgan fingerprint density at radius 1 is 1.16 bits per heavy atom. The summed E-state index contributed by atoms with van der Waals surface area (Å²) in [7, 11) is 0. The molecule has 4 amide bonds. The monoisotopic (exact) mass is 272 g/mol. The Morgan fingerprint density at radius 2 is 1.74 bits per heavy atom. The molecule has 0 aromatic heterocycles. The van der Waals surface area contributed by atoms with Gasteiger partial charge < -0.3 is 10.6 Å². The van der Waals surface area contributed by atoms with E-state index in [4.69, 9.17) is 0 Å². The number of hydrogen-bond acceptors (Lipinski definition) is 4. The first-order valence-corrected chi connectivity index (χ1v) is 6.28. The summed E-state index contributed by atoms with van der Waals surface area (Å²) in [6, 6.07) is -1.17. The number of urea groups is 1. The predicted molar refractivity (Wildman–Crippen MR) is 72.6 cm³/mol. The predicted octanol–water partition coefficient (Wildman–Crippen LogP) is -0.275. The van der Waals surface area contributed by atoms with Crippen LogP contribution >= 0.6 is 0 Å². The topological polar surface area (TPSA) is 99.3 Å². The molecule has 0 rings (SSSR count). The minimum absolute atomic E-state index is 0.0151. The van der Waals surface area contributed by atoms with Crippen LogP contribution in [0.5, 0.6) is 0 Å². The van der Waals surface area contributed by atoms with Crippen molar-refractivity contribution in [3.63, 3.8) is 0 Å². The molecule has 0 aromatic carbocycles. The highest BCUT2D eigenvalue weighted by Crippen LogP contribution is 1.97. The van der Waals surface area contributed by atoms with E-state index in [2.05, 4.69) is 21.3 Å². The third kappa shape index (κ3) is 9.01. The smallest absolute Gasteiger partial charge is 0.321 e. The van der Waals surface area contributed by atoms with E-state index in [0.717, 1.165) is 0 Å². The van der Waals surface area contributed by atoms with Crippen molar-refractivity contribution in [3.05, 3.63) is 0 Å². The summed E-state index contributed by atoms with van der Waals surface area (Å²) >= 11 is 0. The highest BCUT2D eigenvalue weighted by atomic mass is 16.2. The molecular weight excluding hydrogens is 248 g/mol.